The van der Waals surface area contributed by atoms with Crippen LogP contribution in [0.5, 0.6) is 0 Å². The van der Waals surface area contributed by atoms with Gasteiger partial charge in [-0.2, -0.15) is 0 Å². The first-order valence-electron chi connectivity index (χ1n) is 13.9. The zero-order valence-corrected chi connectivity index (χ0v) is 20.8. The Kier molecular flexibility index (Phi) is 7.02. The van der Waals surface area contributed by atoms with Crippen LogP contribution in [0, 0.1) is 11.3 Å². The van der Waals surface area contributed by atoms with Gasteiger partial charge in [0.1, 0.15) is 0 Å². The average Bonchev–Trinajstić information content (AvgIpc) is 3.39. The molecule has 186 valence electrons. The molecule has 0 spiro atoms. The molecule has 4 aliphatic rings. The second-order valence-electron chi connectivity index (χ2n) is 11.9. The molecule has 2 amide bonds. The molecule has 3 N–H and O–H groups in total. The number of carbonyl (C=O) groups excluding carboxylic acids is 2. The first-order chi connectivity index (χ1) is 16.5. The number of rotatable bonds is 6. The number of carbonyl (C=O) groups is 2. The fourth-order valence-electron chi connectivity index (χ4n) is 7.90. The minimum Gasteiger partial charge on any atom is -0.353 e. The monoisotopic (exact) mass is 465 g/mol. The van der Waals surface area contributed by atoms with Gasteiger partial charge < -0.3 is 16.0 Å². The third kappa shape index (κ3) is 4.91. The molecule has 4 fully saturated rings. The standard InChI is InChI=1S/C29H43N3O2/c30-24-10-12-25(13-11-24)31-26(33)14-9-22-19-28(23-7-2-1-3-8-23)15-6-16-29(20-22,21-28)27(34)32-17-4-5-18-32/h1-3,7-8,22,24-25H,4-6,9-21,30H2,(H,31,33)/t22?,24-,25-,28?,29?. The highest BCUT2D eigenvalue weighted by atomic mass is 16.2. The van der Waals surface area contributed by atoms with Gasteiger partial charge in [0.25, 0.3) is 0 Å². The summed E-state index contributed by atoms with van der Waals surface area (Å²) in [6.45, 7) is 1.86. The van der Waals surface area contributed by atoms with Gasteiger partial charge in [0.05, 0.1) is 5.41 Å². The van der Waals surface area contributed by atoms with Crippen LogP contribution in [0.25, 0.3) is 0 Å². The quantitative estimate of drug-likeness (QED) is 0.640. The van der Waals surface area contributed by atoms with E-state index in [1.54, 1.807) is 0 Å². The predicted molar refractivity (Wildman–Crippen MR) is 135 cm³/mol. The van der Waals surface area contributed by atoms with E-state index in [1.165, 1.54) is 5.56 Å². The van der Waals surface area contributed by atoms with Gasteiger partial charge in [-0.15, -0.1) is 0 Å². The molecule has 1 aromatic carbocycles. The molecule has 3 atom stereocenters. The lowest BCUT2D eigenvalue weighted by Crippen LogP contribution is -2.54. The molecule has 1 heterocycles. The van der Waals surface area contributed by atoms with E-state index in [4.69, 9.17) is 5.73 Å². The van der Waals surface area contributed by atoms with Crippen molar-refractivity contribution in [3.05, 3.63) is 35.9 Å². The van der Waals surface area contributed by atoms with Crippen LogP contribution in [-0.2, 0) is 15.0 Å². The highest BCUT2D eigenvalue weighted by molar-refractivity contribution is 5.83. The second kappa shape index (κ2) is 10.0. The molecule has 3 unspecified atom stereocenters. The predicted octanol–water partition coefficient (Wildman–Crippen LogP) is 4.68. The summed E-state index contributed by atoms with van der Waals surface area (Å²) in [5, 5.41) is 3.28. The van der Waals surface area contributed by atoms with Gasteiger partial charge in [0.15, 0.2) is 0 Å². The highest BCUT2D eigenvalue weighted by Crippen LogP contribution is 2.59. The molecular formula is C29H43N3O2. The van der Waals surface area contributed by atoms with Gasteiger partial charge in [0.2, 0.25) is 11.8 Å². The summed E-state index contributed by atoms with van der Waals surface area (Å²) in [5.74, 6) is 1.02. The number of nitrogens with zero attached hydrogens (tertiary/aromatic N) is 1. The summed E-state index contributed by atoms with van der Waals surface area (Å²) in [7, 11) is 0. The summed E-state index contributed by atoms with van der Waals surface area (Å²) in [4.78, 5) is 28.9. The number of benzene rings is 1. The SMILES string of the molecule is N[C@H]1CC[C@H](NC(=O)CCC2CC3(C(=O)N4CCCC4)CCCC(c4ccccc4)(C2)C3)CC1. The Morgan fingerprint density at radius 3 is 2.44 bits per heavy atom. The molecule has 3 aliphatic carbocycles. The molecule has 0 radical (unpaired) electrons. The van der Waals surface area contributed by atoms with Crippen LogP contribution in [-0.4, -0.2) is 41.9 Å². The van der Waals surface area contributed by atoms with Gasteiger partial charge in [-0.25, -0.2) is 0 Å². The van der Waals surface area contributed by atoms with Crippen molar-refractivity contribution in [2.45, 2.75) is 107 Å². The lowest BCUT2D eigenvalue weighted by molar-refractivity contribution is -0.150. The van der Waals surface area contributed by atoms with E-state index >= 15 is 0 Å². The number of fused-ring (bicyclic) bond motifs is 2. The van der Waals surface area contributed by atoms with Crippen molar-refractivity contribution in [3.8, 4) is 0 Å². The summed E-state index contributed by atoms with van der Waals surface area (Å²) in [6.07, 6.45) is 14.1. The molecule has 1 saturated heterocycles. The third-order valence-electron chi connectivity index (χ3n) is 9.50. The minimum atomic E-state index is -0.239. The van der Waals surface area contributed by atoms with E-state index in [0.29, 0.717) is 24.3 Å². The molecule has 1 aliphatic heterocycles. The fourth-order valence-corrected chi connectivity index (χ4v) is 7.90. The Hall–Kier alpha value is -1.88. The molecule has 5 rings (SSSR count). The maximum atomic E-state index is 13.9. The molecule has 34 heavy (non-hydrogen) atoms. The summed E-state index contributed by atoms with van der Waals surface area (Å²) < 4.78 is 0. The Labute approximate surface area is 205 Å². The fraction of sp³-hybridized carbons (Fsp3) is 0.724. The first-order valence-corrected chi connectivity index (χ1v) is 13.9. The number of hydrogen-bond donors (Lipinski definition) is 2. The second-order valence-corrected chi connectivity index (χ2v) is 11.9. The number of nitrogens with two attached hydrogens (primary N) is 1. The number of hydrogen-bond acceptors (Lipinski definition) is 3. The van der Waals surface area contributed by atoms with E-state index in [0.717, 1.165) is 96.6 Å². The van der Waals surface area contributed by atoms with Crippen LogP contribution < -0.4 is 11.1 Å². The molecule has 5 heteroatoms. The lowest BCUT2D eigenvalue weighted by atomic mass is 9.49. The Balaban J connectivity index is 1.31. The summed E-state index contributed by atoms with van der Waals surface area (Å²) >= 11 is 0. The average molecular weight is 466 g/mol. The molecule has 3 saturated carbocycles. The van der Waals surface area contributed by atoms with Crippen molar-refractivity contribution < 1.29 is 9.59 Å². The number of nitrogens with one attached hydrogen (secondary N) is 1. The normalized spacial score (nSPS) is 35.7. The van der Waals surface area contributed by atoms with E-state index in [1.807, 2.05) is 0 Å². The van der Waals surface area contributed by atoms with E-state index in [2.05, 4.69) is 40.5 Å². The summed E-state index contributed by atoms with van der Waals surface area (Å²) in [6, 6.07) is 11.5. The van der Waals surface area contributed by atoms with Crippen molar-refractivity contribution in [1.82, 2.24) is 10.2 Å². The van der Waals surface area contributed by atoms with Crippen LogP contribution >= 0.6 is 0 Å². The van der Waals surface area contributed by atoms with Crippen molar-refractivity contribution in [3.63, 3.8) is 0 Å². The summed E-state index contributed by atoms with van der Waals surface area (Å²) in [5.41, 5.74) is 7.27. The first kappa shape index (κ1) is 23.8. The molecule has 2 bridgehead atoms. The molecule has 1 aromatic rings. The zero-order valence-electron chi connectivity index (χ0n) is 20.8. The Morgan fingerprint density at radius 2 is 1.71 bits per heavy atom. The van der Waals surface area contributed by atoms with Crippen LogP contribution in [0.2, 0.25) is 0 Å². The van der Waals surface area contributed by atoms with Gasteiger partial charge in [-0.05, 0) is 93.9 Å². The largest absolute Gasteiger partial charge is 0.353 e. The highest BCUT2D eigenvalue weighted by Gasteiger charge is 2.55. The maximum absolute atomic E-state index is 13.9. The van der Waals surface area contributed by atoms with E-state index in [-0.39, 0.29) is 22.8 Å². The van der Waals surface area contributed by atoms with Gasteiger partial charge >= 0.3 is 0 Å². The van der Waals surface area contributed by atoms with Gasteiger partial charge in [0, 0.05) is 31.6 Å². The molecular weight excluding hydrogens is 422 g/mol. The molecule has 0 aromatic heterocycles. The topological polar surface area (TPSA) is 75.4 Å². The van der Waals surface area contributed by atoms with E-state index < -0.39 is 0 Å². The van der Waals surface area contributed by atoms with E-state index in [9.17, 15) is 9.59 Å². The van der Waals surface area contributed by atoms with Crippen LogP contribution in [0.4, 0.5) is 0 Å². The van der Waals surface area contributed by atoms with Gasteiger partial charge in [-0.3, -0.25) is 9.59 Å². The molecule has 5 nitrogen and oxygen atoms in total. The van der Waals surface area contributed by atoms with Crippen molar-refractivity contribution in [1.29, 1.82) is 0 Å². The van der Waals surface area contributed by atoms with Crippen molar-refractivity contribution >= 4 is 11.8 Å². The van der Waals surface area contributed by atoms with Crippen LogP contribution in [0.15, 0.2) is 30.3 Å². The van der Waals surface area contributed by atoms with Crippen LogP contribution in [0.3, 0.4) is 0 Å². The van der Waals surface area contributed by atoms with Crippen LogP contribution in [0.1, 0.15) is 95.5 Å². The minimum absolute atomic E-state index is 0.0772. The smallest absolute Gasteiger partial charge is 0.228 e. The lowest BCUT2D eigenvalue weighted by Gasteiger charge is -2.55. The number of likely N-dealkylation sites (tertiary alicyclic amines) is 1. The number of amides is 2. The van der Waals surface area contributed by atoms with Crippen molar-refractivity contribution in [2.24, 2.45) is 17.1 Å². The van der Waals surface area contributed by atoms with Gasteiger partial charge in [-0.1, -0.05) is 36.8 Å². The van der Waals surface area contributed by atoms with Crippen molar-refractivity contribution in [2.75, 3.05) is 13.1 Å². The third-order valence-corrected chi connectivity index (χ3v) is 9.50. The zero-order chi connectivity index (χ0) is 23.6. The Morgan fingerprint density at radius 1 is 0.971 bits per heavy atom. The maximum Gasteiger partial charge on any atom is 0.228 e. The Bertz CT molecular complexity index is 859.